The van der Waals surface area contributed by atoms with E-state index in [9.17, 15) is 0 Å². The molecule has 10 heavy (non-hydrogen) atoms. The smallest absolute Gasteiger partial charge is 0.0604 e. The Balaban J connectivity index is 2.42. The Kier molecular flexibility index (Phi) is 2.34. The van der Waals surface area contributed by atoms with Crippen LogP contribution in [-0.2, 0) is 0 Å². The zero-order chi connectivity index (χ0) is 7.40. The zero-order valence-corrected chi connectivity index (χ0v) is 6.02. The van der Waals surface area contributed by atoms with Gasteiger partial charge in [-0.2, -0.15) is 0 Å². The molecule has 3 nitrogen and oxygen atoms in total. The monoisotopic (exact) mass is 140 g/mol. The minimum atomic E-state index is 0.171. The molecule has 0 radical (unpaired) electrons. The molecule has 0 saturated carbocycles. The van der Waals surface area contributed by atoms with Gasteiger partial charge in [-0.3, -0.25) is 0 Å². The van der Waals surface area contributed by atoms with Gasteiger partial charge in [-0.15, -0.1) is 0 Å². The summed E-state index contributed by atoms with van der Waals surface area (Å²) in [6.45, 7) is 2.77. The summed E-state index contributed by atoms with van der Waals surface area (Å²) in [6.07, 6.45) is 1.88. The van der Waals surface area contributed by atoms with E-state index in [4.69, 9.17) is 5.11 Å². The third kappa shape index (κ3) is 1.77. The maximum Gasteiger partial charge on any atom is 0.0604 e. The van der Waals surface area contributed by atoms with Crippen molar-refractivity contribution in [1.29, 1.82) is 0 Å². The number of aromatic amines is 1. The lowest BCUT2D eigenvalue weighted by atomic mass is 10.4. The van der Waals surface area contributed by atoms with Crippen molar-refractivity contribution >= 4 is 5.69 Å². The quantitative estimate of drug-likeness (QED) is 0.579. The SMILES string of the molecule is Cc1cc(NCCO)c[nH]1. The maximum atomic E-state index is 8.46. The van der Waals surface area contributed by atoms with Crippen LogP contribution in [0, 0.1) is 6.92 Å². The minimum Gasteiger partial charge on any atom is -0.395 e. The molecule has 1 aromatic heterocycles. The van der Waals surface area contributed by atoms with E-state index in [1.807, 2.05) is 19.2 Å². The number of nitrogens with one attached hydrogen (secondary N) is 2. The van der Waals surface area contributed by atoms with Gasteiger partial charge < -0.3 is 15.4 Å². The van der Waals surface area contributed by atoms with Crippen LogP contribution in [0.2, 0.25) is 0 Å². The second-order valence-corrected chi connectivity index (χ2v) is 2.22. The van der Waals surface area contributed by atoms with E-state index in [1.54, 1.807) is 0 Å². The molecule has 56 valence electrons. The molecule has 0 spiro atoms. The summed E-state index contributed by atoms with van der Waals surface area (Å²) in [5.74, 6) is 0. The van der Waals surface area contributed by atoms with Crippen molar-refractivity contribution < 1.29 is 5.11 Å². The molecule has 0 aromatic carbocycles. The first-order valence-electron chi connectivity index (χ1n) is 3.32. The van der Waals surface area contributed by atoms with E-state index in [0.29, 0.717) is 6.54 Å². The fourth-order valence-corrected chi connectivity index (χ4v) is 0.810. The molecule has 0 atom stereocenters. The summed E-state index contributed by atoms with van der Waals surface area (Å²) in [6, 6.07) is 2.00. The van der Waals surface area contributed by atoms with E-state index in [2.05, 4.69) is 10.3 Å². The van der Waals surface area contributed by atoms with Crippen molar-refractivity contribution in [1.82, 2.24) is 4.98 Å². The molecule has 0 bridgehead atoms. The van der Waals surface area contributed by atoms with Crippen molar-refractivity contribution in [3.05, 3.63) is 18.0 Å². The Bertz CT molecular complexity index is 195. The lowest BCUT2D eigenvalue weighted by Crippen LogP contribution is -2.03. The lowest BCUT2D eigenvalue weighted by Gasteiger charge is -1.97. The zero-order valence-electron chi connectivity index (χ0n) is 6.02. The molecule has 0 aliphatic heterocycles. The Morgan fingerprint density at radius 2 is 2.50 bits per heavy atom. The Labute approximate surface area is 60.1 Å². The molecular formula is C7H12N2O. The number of anilines is 1. The number of aliphatic hydroxyl groups is 1. The minimum absolute atomic E-state index is 0.171. The summed E-state index contributed by atoms with van der Waals surface area (Å²) < 4.78 is 0. The fraction of sp³-hybridized carbons (Fsp3) is 0.429. The maximum absolute atomic E-state index is 8.46. The van der Waals surface area contributed by atoms with Crippen LogP contribution in [0.3, 0.4) is 0 Å². The Morgan fingerprint density at radius 3 is 3.00 bits per heavy atom. The van der Waals surface area contributed by atoms with E-state index < -0.39 is 0 Å². The van der Waals surface area contributed by atoms with Crippen LogP contribution in [0.15, 0.2) is 12.3 Å². The Morgan fingerprint density at radius 1 is 1.70 bits per heavy atom. The molecule has 1 aromatic rings. The van der Waals surface area contributed by atoms with Crippen LogP contribution in [0.5, 0.6) is 0 Å². The third-order valence-electron chi connectivity index (χ3n) is 1.27. The van der Waals surface area contributed by atoms with Crippen LogP contribution in [-0.4, -0.2) is 23.2 Å². The van der Waals surface area contributed by atoms with Gasteiger partial charge in [0.25, 0.3) is 0 Å². The summed E-state index contributed by atoms with van der Waals surface area (Å²) in [7, 11) is 0. The number of hydrogen-bond donors (Lipinski definition) is 3. The predicted molar refractivity (Wildman–Crippen MR) is 41.1 cm³/mol. The molecular weight excluding hydrogens is 128 g/mol. The second kappa shape index (κ2) is 3.27. The fourth-order valence-electron chi connectivity index (χ4n) is 0.810. The average Bonchev–Trinajstić information content (AvgIpc) is 2.31. The van der Waals surface area contributed by atoms with Crippen molar-refractivity contribution in [3.8, 4) is 0 Å². The van der Waals surface area contributed by atoms with Crippen LogP contribution in [0.25, 0.3) is 0 Å². The second-order valence-electron chi connectivity index (χ2n) is 2.22. The molecule has 0 amide bonds. The first-order chi connectivity index (χ1) is 4.83. The lowest BCUT2D eigenvalue weighted by molar-refractivity contribution is 0.311. The highest BCUT2D eigenvalue weighted by Crippen LogP contribution is 2.06. The van der Waals surface area contributed by atoms with Gasteiger partial charge >= 0.3 is 0 Å². The van der Waals surface area contributed by atoms with Gasteiger partial charge in [-0.05, 0) is 13.0 Å². The number of H-pyrrole nitrogens is 1. The largest absolute Gasteiger partial charge is 0.395 e. The Hall–Kier alpha value is -0.960. The van der Waals surface area contributed by atoms with Crippen LogP contribution >= 0.6 is 0 Å². The van der Waals surface area contributed by atoms with Gasteiger partial charge in [0.15, 0.2) is 0 Å². The number of aromatic nitrogens is 1. The van der Waals surface area contributed by atoms with E-state index >= 15 is 0 Å². The molecule has 1 heterocycles. The van der Waals surface area contributed by atoms with Crippen molar-refractivity contribution in [2.45, 2.75) is 6.92 Å². The van der Waals surface area contributed by atoms with Crippen LogP contribution in [0.4, 0.5) is 5.69 Å². The van der Waals surface area contributed by atoms with Gasteiger partial charge in [0.1, 0.15) is 0 Å². The average molecular weight is 140 g/mol. The van der Waals surface area contributed by atoms with E-state index in [0.717, 1.165) is 11.4 Å². The summed E-state index contributed by atoms with van der Waals surface area (Å²) >= 11 is 0. The first kappa shape index (κ1) is 7.15. The predicted octanol–water partition coefficient (Wildman–Crippen LogP) is 0.727. The number of hydrogen-bond acceptors (Lipinski definition) is 2. The third-order valence-corrected chi connectivity index (χ3v) is 1.27. The number of rotatable bonds is 3. The van der Waals surface area contributed by atoms with Gasteiger partial charge in [0, 0.05) is 18.4 Å². The summed E-state index contributed by atoms with van der Waals surface area (Å²) in [4.78, 5) is 3.03. The first-order valence-corrected chi connectivity index (χ1v) is 3.32. The van der Waals surface area contributed by atoms with E-state index in [1.165, 1.54) is 0 Å². The molecule has 0 aliphatic carbocycles. The topological polar surface area (TPSA) is 48.0 Å². The van der Waals surface area contributed by atoms with Gasteiger partial charge in [-0.25, -0.2) is 0 Å². The molecule has 0 fully saturated rings. The highest BCUT2D eigenvalue weighted by molar-refractivity contribution is 5.42. The van der Waals surface area contributed by atoms with Crippen LogP contribution in [0.1, 0.15) is 5.69 Å². The van der Waals surface area contributed by atoms with Gasteiger partial charge in [-0.1, -0.05) is 0 Å². The van der Waals surface area contributed by atoms with E-state index in [-0.39, 0.29) is 6.61 Å². The molecule has 0 saturated heterocycles. The molecule has 3 heteroatoms. The normalized spacial score (nSPS) is 9.80. The molecule has 1 rings (SSSR count). The van der Waals surface area contributed by atoms with Gasteiger partial charge in [0.2, 0.25) is 0 Å². The highest BCUT2D eigenvalue weighted by Gasteiger charge is 1.91. The standard InChI is InChI=1S/C7H12N2O/c1-6-4-7(5-9-6)8-2-3-10/h4-5,8-10H,2-3H2,1H3. The molecule has 0 aliphatic rings. The van der Waals surface area contributed by atoms with Crippen LogP contribution < -0.4 is 5.32 Å². The number of aliphatic hydroxyl groups excluding tert-OH is 1. The molecule has 0 unspecified atom stereocenters. The van der Waals surface area contributed by atoms with Crippen molar-refractivity contribution in [2.75, 3.05) is 18.5 Å². The van der Waals surface area contributed by atoms with Gasteiger partial charge in [0.05, 0.1) is 12.3 Å². The van der Waals surface area contributed by atoms with Crippen molar-refractivity contribution in [3.63, 3.8) is 0 Å². The highest BCUT2D eigenvalue weighted by atomic mass is 16.3. The molecule has 3 N–H and O–H groups in total. The number of aryl methyl sites for hydroxylation is 1. The van der Waals surface area contributed by atoms with Crippen molar-refractivity contribution in [2.24, 2.45) is 0 Å². The summed E-state index contributed by atoms with van der Waals surface area (Å²) in [5.41, 5.74) is 2.16. The summed E-state index contributed by atoms with van der Waals surface area (Å²) in [5, 5.41) is 11.5.